The maximum atomic E-state index is 12.9. The highest BCUT2D eigenvalue weighted by atomic mass is 79.9. The van der Waals surface area contributed by atoms with Gasteiger partial charge in [0.15, 0.2) is 0 Å². The normalized spacial score (nSPS) is 11.5. The predicted octanol–water partition coefficient (Wildman–Crippen LogP) is 4.56. The van der Waals surface area contributed by atoms with Crippen molar-refractivity contribution in [1.29, 1.82) is 0 Å². The fourth-order valence-corrected chi connectivity index (χ4v) is 2.82. The van der Waals surface area contributed by atoms with E-state index >= 15 is 0 Å². The van der Waals surface area contributed by atoms with Gasteiger partial charge in [0.2, 0.25) is 0 Å². The van der Waals surface area contributed by atoms with Gasteiger partial charge in [0.05, 0.1) is 5.56 Å². The first-order valence-corrected chi connectivity index (χ1v) is 7.85. The Morgan fingerprint density at radius 2 is 1.80 bits per heavy atom. The van der Waals surface area contributed by atoms with Crippen molar-refractivity contribution in [3.63, 3.8) is 0 Å². The molecule has 2 N–H and O–H groups in total. The summed E-state index contributed by atoms with van der Waals surface area (Å²) in [6.45, 7) is 0. The highest BCUT2D eigenvalue weighted by molar-refractivity contribution is 9.10. The molecule has 0 atom stereocenters. The molecule has 0 radical (unpaired) electrons. The minimum Gasteiger partial charge on any atom is -0.321 e. The van der Waals surface area contributed by atoms with Crippen molar-refractivity contribution in [3.05, 3.63) is 74.6 Å². The topological polar surface area (TPSA) is 62.0 Å². The van der Waals surface area contributed by atoms with E-state index in [1.807, 2.05) is 0 Å². The number of amides is 1. The van der Waals surface area contributed by atoms with Crippen molar-refractivity contribution in [2.45, 2.75) is 6.18 Å². The number of H-pyrrole nitrogens is 1. The summed E-state index contributed by atoms with van der Waals surface area (Å²) >= 11 is 2.83. The van der Waals surface area contributed by atoms with Gasteiger partial charge in [-0.2, -0.15) is 13.2 Å². The summed E-state index contributed by atoms with van der Waals surface area (Å²) in [6, 6.07) is 11.5. The highest BCUT2D eigenvalue weighted by Crippen LogP contribution is 2.36. The van der Waals surface area contributed by atoms with Crippen LogP contribution in [-0.4, -0.2) is 10.9 Å². The van der Waals surface area contributed by atoms with E-state index < -0.39 is 23.2 Å². The molecule has 0 fully saturated rings. The van der Waals surface area contributed by atoms with E-state index in [4.69, 9.17) is 0 Å². The van der Waals surface area contributed by atoms with Gasteiger partial charge < -0.3 is 10.3 Å². The van der Waals surface area contributed by atoms with E-state index in [9.17, 15) is 22.8 Å². The van der Waals surface area contributed by atoms with Crippen LogP contribution >= 0.6 is 15.9 Å². The van der Waals surface area contributed by atoms with Crippen LogP contribution in [0.5, 0.6) is 0 Å². The van der Waals surface area contributed by atoms with Gasteiger partial charge in [0.1, 0.15) is 5.69 Å². The number of hydrogen-bond acceptors (Lipinski definition) is 2. The van der Waals surface area contributed by atoms with Crippen LogP contribution in [0.25, 0.3) is 10.8 Å². The van der Waals surface area contributed by atoms with Gasteiger partial charge in [0.25, 0.3) is 11.5 Å². The molecule has 128 valence electrons. The second kappa shape index (κ2) is 6.36. The third-order valence-electron chi connectivity index (χ3n) is 3.53. The SMILES string of the molecule is O=C(Nc1ccc(Br)c(C(F)(F)F)c1)c1cc2ccccc2c(=O)[nH]1. The van der Waals surface area contributed by atoms with Crippen molar-refractivity contribution in [2.75, 3.05) is 5.32 Å². The number of hydrogen-bond donors (Lipinski definition) is 2. The number of aromatic nitrogens is 1. The molecule has 4 nitrogen and oxygen atoms in total. The summed E-state index contributed by atoms with van der Waals surface area (Å²) in [6.07, 6.45) is -4.56. The molecular weight excluding hydrogens is 401 g/mol. The number of alkyl halides is 3. The van der Waals surface area contributed by atoms with Gasteiger partial charge in [0, 0.05) is 15.5 Å². The maximum Gasteiger partial charge on any atom is 0.417 e. The zero-order chi connectivity index (χ0) is 18.2. The number of fused-ring (bicyclic) bond motifs is 1. The van der Waals surface area contributed by atoms with Crippen LogP contribution in [0, 0.1) is 0 Å². The molecule has 3 rings (SSSR count). The van der Waals surface area contributed by atoms with Crippen LogP contribution in [0.1, 0.15) is 16.1 Å². The van der Waals surface area contributed by atoms with Crippen LogP contribution in [0.2, 0.25) is 0 Å². The number of benzene rings is 2. The van der Waals surface area contributed by atoms with E-state index in [1.54, 1.807) is 24.3 Å². The lowest BCUT2D eigenvalue weighted by Crippen LogP contribution is -2.19. The number of pyridine rings is 1. The first-order chi connectivity index (χ1) is 11.8. The Morgan fingerprint density at radius 1 is 1.08 bits per heavy atom. The Morgan fingerprint density at radius 3 is 2.52 bits per heavy atom. The first-order valence-electron chi connectivity index (χ1n) is 7.06. The molecule has 1 aromatic heterocycles. The van der Waals surface area contributed by atoms with Crippen LogP contribution in [0.15, 0.2) is 57.8 Å². The first kappa shape index (κ1) is 17.2. The van der Waals surface area contributed by atoms with Gasteiger partial charge in [-0.15, -0.1) is 0 Å². The monoisotopic (exact) mass is 410 g/mol. The lowest BCUT2D eigenvalue weighted by molar-refractivity contribution is -0.138. The average Bonchev–Trinajstić information content (AvgIpc) is 2.55. The Labute approximate surface area is 147 Å². The third kappa shape index (κ3) is 3.58. The van der Waals surface area contributed by atoms with Gasteiger partial charge >= 0.3 is 6.18 Å². The summed E-state index contributed by atoms with van der Waals surface area (Å²) < 4.78 is 38.7. The van der Waals surface area contributed by atoms with Crippen LogP contribution in [-0.2, 0) is 6.18 Å². The summed E-state index contributed by atoms with van der Waals surface area (Å²) in [5, 5.41) is 3.34. The number of aromatic amines is 1. The molecular formula is C17H10BrF3N2O2. The molecule has 25 heavy (non-hydrogen) atoms. The summed E-state index contributed by atoms with van der Waals surface area (Å²) in [5.74, 6) is -0.710. The number of nitrogens with one attached hydrogen (secondary N) is 2. The van der Waals surface area contributed by atoms with E-state index in [0.717, 1.165) is 6.07 Å². The molecule has 0 saturated heterocycles. The number of halogens is 4. The zero-order valence-electron chi connectivity index (χ0n) is 12.4. The molecule has 3 aromatic rings. The van der Waals surface area contributed by atoms with Gasteiger partial charge in [-0.1, -0.05) is 34.1 Å². The minimum atomic E-state index is -4.56. The molecule has 0 aliphatic rings. The number of anilines is 1. The van der Waals surface area contributed by atoms with Crippen molar-refractivity contribution >= 4 is 38.3 Å². The van der Waals surface area contributed by atoms with Gasteiger partial charge in [-0.05, 0) is 35.7 Å². The largest absolute Gasteiger partial charge is 0.417 e. The second-order valence-electron chi connectivity index (χ2n) is 5.25. The molecule has 1 heterocycles. The Balaban J connectivity index is 1.94. The number of carbonyl (C=O) groups excluding carboxylic acids is 1. The van der Waals surface area contributed by atoms with Gasteiger partial charge in [-0.3, -0.25) is 9.59 Å². The zero-order valence-corrected chi connectivity index (χ0v) is 14.0. The third-order valence-corrected chi connectivity index (χ3v) is 4.22. The smallest absolute Gasteiger partial charge is 0.321 e. The second-order valence-corrected chi connectivity index (χ2v) is 6.10. The number of rotatable bonds is 2. The van der Waals surface area contributed by atoms with Crippen LogP contribution in [0.3, 0.4) is 0 Å². The Kier molecular flexibility index (Phi) is 4.38. The summed E-state index contributed by atoms with van der Waals surface area (Å²) in [4.78, 5) is 26.7. The van der Waals surface area contributed by atoms with E-state index in [0.29, 0.717) is 10.8 Å². The Bertz CT molecular complexity index is 1030. The van der Waals surface area contributed by atoms with Crippen molar-refractivity contribution < 1.29 is 18.0 Å². The standard InChI is InChI=1S/C17H10BrF3N2O2/c18-13-6-5-10(8-12(13)17(19,20)21)22-16(25)14-7-9-3-1-2-4-11(9)15(24)23-14/h1-8H,(H,22,25)(H,23,24). The van der Waals surface area contributed by atoms with E-state index in [1.165, 1.54) is 18.2 Å². The van der Waals surface area contributed by atoms with Crippen molar-refractivity contribution in [2.24, 2.45) is 0 Å². The molecule has 0 bridgehead atoms. The molecule has 1 amide bonds. The van der Waals surface area contributed by atoms with Crippen molar-refractivity contribution in [1.82, 2.24) is 4.98 Å². The van der Waals surface area contributed by atoms with Crippen LogP contribution in [0.4, 0.5) is 18.9 Å². The lowest BCUT2D eigenvalue weighted by Gasteiger charge is -2.12. The maximum absolute atomic E-state index is 12.9. The quantitative estimate of drug-likeness (QED) is 0.650. The molecule has 0 spiro atoms. The van der Waals surface area contributed by atoms with E-state index in [-0.39, 0.29) is 15.9 Å². The highest BCUT2D eigenvalue weighted by Gasteiger charge is 2.33. The Hall–Kier alpha value is -2.61. The average molecular weight is 411 g/mol. The fourth-order valence-electron chi connectivity index (χ4n) is 2.35. The van der Waals surface area contributed by atoms with E-state index in [2.05, 4.69) is 26.2 Å². The molecule has 2 aromatic carbocycles. The molecule has 0 unspecified atom stereocenters. The molecule has 0 aliphatic heterocycles. The molecule has 0 saturated carbocycles. The minimum absolute atomic E-state index is 0.0328. The van der Waals surface area contributed by atoms with Gasteiger partial charge in [-0.25, -0.2) is 0 Å². The molecule has 0 aliphatic carbocycles. The fraction of sp³-hybridized carbons (Fsp3) is 0.0588. The number of carbonyl (C=O) groups is 1. The van der Waals surface area contributed by atoms with Crippen molar-refractivity contribution in [3.8, 4) is 0 Å². The summed E-state index contributed by atoms with van der Waals surface area (Å²) in [7, 11) is 0. The summed E-state index contributed by atoms with van der Waals surface area (Å²) in [5.41, 5.74) is -1.43. The predicted molar refractivity (Wildman–Crippen MR) is 91.7 cm³/mol. The van der Waals surface area contributed by atoms with Crippen LogP contribution < -0.4 is 10.9 Å². The lowest BCUT2D eigenvalue weighted by atomic mass is 10.1. The molecule has 8 heteroatoms.